The van der Waals surface area contributed by atoms with Gasteiger partial charge in [-0.25, -0.2) is 0 Å². The first kappa shape index (κ1) is 8.82. The smallest absolute Gasteiger partial charge is 0.0459 e. The van der Waals surface area contributed by atoms with Gasteiger partial charge in [0.1, 0.15) is 0 Å². The van der Waals surface area contributed by atoms with Gasteiger partial charge in [-0.05, 0) is 39.7 Å². The van der Waals surface area contributed by atoms with Crippen LogP contribution in [0.4, 0.5) is 0 Å². The van der Waals surface area contributed by atoms with E-state index in [9.17, 15) is 0 Å². The van der Waals surface area contributed by atoms with Crippen LogP contribution >= 0.6 is 0 Å². The molecule has 3 aromatic carbocycles. The van der Waals surface area contributed by atoms with Gasteiger partial charge in [0.05, 0.1) is 0 Å². The third kappa shape index (κ3) is 1.14. The summed E-state index contributed by atoms with van der Waals surface area (Å²) in [5.41, 5.74) is 1.19. The van der Waals surface area contributed by atoms with Gasteiger partial charge in [0, 0.05) is 17.1 Å². The van der Waals surface area contributed by atoms with Crippen LogP contribution in [0.15, 0.2) is 60.8 Å². The molecule has 1 heteroatoms. The quantitative estimate of drug-likeness (QED) is 0.447. The standard InChI is InChI=1S/C16H11N/c1-2-5-12-11(4-1)10-15-13(12)7-8-16-14(15)6-3-9-17-16/h1-10,17H. The molecule has 1 aromatic heterocycles. The van der Waals surface area contributed by atoms with E-state index >= 15 is 0 Å². The molecular weight excluding hydrogens is 206 g/mol. The predicted molar refractivity (Wildman–Crippen MR) is 73.3 cm³/mol. The Bertz CT molecular complexity index is 840. The van der Waals surface area contributed by atoms with Crippen LogP contribution in [-0.2, 0) is 0 Å². The lowest BCUT2D eigenvalue weighted by Gasteiger charge is -1.99. The molecule has 0 spiro atoms. The Morgan fingerprint density at radius 3 is 2.53 bits per heavy atom. The third-order valence-electron chi connectivity index (χ3n) is 3.44. The van der Waals surface area contributed by atoms with Crippen molar-refractivity contribution in [1.82, 2.24) is 4.98 Å². The van der Waals surface area contributed by atoms with Gasteiger partial charge >= 0.3 is 0 Å². The topological polar surface area (TPSA) is 15.8 Å². The summed E-state index contributed by atoms with van der Waals surface area (Å²) in [6, 6.07) is 19.4. The monoisotopic (exact) mass is 217 g/mol. The Labute approximate surface area is 98.7 Å². The summed E-state index contributed by atoms with van der Waals surface area (Å²) in [6.07, 6.45) is 1.97. The number of pyridine rings is 1. The van der Waals surface area contributed by atoms with Crippen LogP contribution in [-0.4, -0.2) is 4.98 Å². The zero-order valence-corrected chi connectivity index (χ0v) is 9.27. The van der Waals surface area contributed by atoms with E-state index in [0.29, 0.717) is 0 Å². The summed E-state index contributed by atoms with van der Waals surface area (Å²) in [5.74, 6) is 0. The number of nitrogens with one attached hydrogen (secondary N) is 1. The van der Waals surface area contributed by atoms with Gasteiger partial charge in [-0.3, -0.25) is 0 Å². The summed E-state index contributed by atoms with van der Waals surface area (Å²) in [4.78, 5) is 3.29. The average Bonchev–Trinajstić information content (AvgIpc) is 2.78. The number of H-pyrrole nitrogens is 1. The third-order valence-corrected chi connectivity index (χ3v) is 3.44. The zero-order valence-electron chi connectivity index (χ0n) is 9.27. The average molecular weight is 217 g/mol. The predicted octanol–water partition coefficient (Wildman–Crippen LogP) is 4.47. The van der Waals surface area contributed by atoms with Gasteiger partial charge in [-0.2, -0.15) is 0 Å². The second kappa shape index (κ2) is 3.11. The fourth-order valence-electron chi connectivity index (χ4n) is 2.64. The molecule has 1 nitrogen and oxygen atoms in total. The lowest BCUT2D eigenvalue weighted by molar-refractivity contribution is 1.42. The fourth-order valence-corrected chi connectivity index (χ4v) is 2.64. The molecule has 0 aliphatic rings. The first-order chi connectivity index (χ1) is 8.43. The molecule has 1 N–H and O–H groups in total. The number of hydrogen-bond acceptors (Lipinski definition) is 0. The molecule has 0 saturated carbocycles. The van der Waals surface area contributed by atoms with Crippen molar-refractivity contribution in [3.8, 4) is 0 Å². The summed E-state index contributed by atoms with van der Waals surface area (Å²) >= 11 is 0. The normalized spacial score (nSPS) is 11.5. The maximum atomic E-state index is 3.29. The molecule has 0 saturated heterocycles. The minimum atomic E-state index is 1.19. The molecule has 0 radical (unpaired) electrons. The lowest BCUT2D eigenvalue weighted by atomic mass is 10.1. The first-order valence-corrected chi connectivity index (χ1v) is 5.81. The van der Waals surface area contributed by atoms with E-state index in [2.05, 4.69) is 59.6 Å². The SMILES string of the molecule is c1ccc2c(c1)cc1c3ccc[nH]c3ccc21. The maximum absolute atomic E-state index is 3.29. The molecule has 1 heterocycles. The van der Waals surface area contributed by atoms with Crippen molar-refractivity contribution in [1.29, 1.82) is 0 Å². The molecule has 0 fully saturated rings. The molecule has 0 aliphatic heterocycles. The first-order valence-electron chi connectivity index (χ1n) is 5.81. The highest BCUT2D eigenvalue weighted by molar-refractivity contribution is 6.20. The van der Waals surface area contributed by atoms with Gasteiger partial charge in [0.2, 0.25) is 0 Å². The Balaban J connectivity index is 2.34. The van der Waals surface area contributed by atoms with Crippen LogP contribution in [0.2, 0.25) is 0 Å². The van der Waals surface area contributed by atoms with Crippen molar-refractivity contribution in [3.63, 3.8) is 0 Å². The summed E-state index contributed by atoms with van der Waals surface area (Å²) in [6.45, 7) is 0. The highest BCUT2D eigenvalue weighted by Crippen LogP contribution is 2.32. The Morgan fingerprint density at radius 1 is 0.647 bits per heavy atom. The molecule has 17 heavy (non-hydrogen) atoms. The van der Waals surface area contributed by atoms with E-state index in [1.54, 1.807) is 0 Å². The molecule has 0 unspecified atom stereocenters. The zero-order chi connectivity index (χ0) is 11.2. The van der Waals surface area contributed by atoms with Crippen LogP contribution in [0.1, 0.15) is 0 Å². The van der Waals surface area contributed by atoms with E-state index in [1.165, 1.54) is 32.4 Å². The number of hydrogen-bond donors (Lipinski definition) is 1. The molecule has 80 valence electrons. The largest absolute Gasteiger partial charge is 0.361 e. The second-order valence-corrected chi connectivity index (χ2v) is 4.39. The van der Waals surface area contributed by atoms with Crippen LogP contribution < -0.4 is 0 Å². The van der Waals surface area contributed by atoms with E-state index in [4.69, 9.17) is 0 Å². The van der Waals surface area contributed by atoms with Gasteiger partial charge in [-0.1, -0.05) is 36.4 Å². The van der Waals surface area contributed by atoms with Crippen molar-refractivity contribution >= 4 is 32.4 Å². The van der Waals surface area contributed by atoms with Crippen molar-refractivity contribution in [2.75, 3.05) is 0 Å². The number of aromatic nitrogens is 1. The summed E-state index contributed by atoms with van der Waals surface area (Å²) < 4.78 is 0. The summed E-state index contributed by atoms with van der Waals surface area (Å²) in [7, 11) is 0. The van der Waals surface area contributed by atoms with Crippen molar-refractivity contribution < 1.29 is 0 Å². The Kier molecular flexibility index (Phi) is 1.61. The minimum Gasteiger partial charge on any atom is -0.361 e. The molecular formula is C16H11N. The highest BCUT2D eigenvalue weighted by Gasteiger charge is 2.05. The number of aromatic amines is 1. The summed E-state index contributed by atoms with van der Waals surface area (Å²) in [5, 5.41) is 6.63. The second-order valence-electron chi connectivity index (χ2n) is 4.39. The van der Waals surface area contributed by atoms with E-state index < -0.39 is 0 Å². The van der Waals surface area contributed by atoms with Crippen LogP contribution in [0.3, 0.4) is 0 Å². The van der Waals surface area contributed by atoms with E-state index in [-0.39, 0.29) is 0 Å². The maximum Gasteiger partial charge on any atom is 0.0459 e. The highest BCUT2D eigenvalue weighted by atomic mass is 14.6. The van der Waals surface area contributed by atoms with Crippen LogP contribution in [0, 0.1) is 0 Å². The lowest BCUT2D eigenvalue weighted by Crippen LogP contribution is -1.76. The number of fused-ring (bicyclic) bond motifs is 5. The number of benzene rings is 2. The van der Waals surface area contributed by atoms with Gasteiger partial charge in [0.25, 0.3) is 0 Å². The molecule has 0 bridgehead atoms. The molecule has 0 amide bonds. The van der Waals surface area contributed by atoms with Gasteiger partial charge in [0.15, 0.2) is 0 Å². The molecule has 4 rings (SSSR count). The van der Waals surface area contributed by atoms with Crippen molar-refractivity contribution in [3.05, 3.63) is 60.8 Å². The van der Waals surface area contributed by atoms with Crippen molar-refractivity contribution in [2.24, 2.45) is 0 Å². The minimum absolute atomic E-state index is 1.19. The Hall–Kier alpha value is -2.28. The van der Waals surface area contributed by atoms with Crippen LogP contribution in [0.5, 0.6) is 0 Å². The van der Waals surface area contributed by atoms with Crippen molar-refractivity contribution in [2.45, 2.75) is 0 Å². The van der Waals surface area contributed by atoms with E-state index in [0.717, 1.165) is 0 Å². The van der Waals surface area contributed by atoms with E-state index in [1.807, 2.05) is 6.20 Å². The Morgan fingerprint density at radius 2 is 1.53 bits per heavy atom. The van der Waals surface area contributed by atoms with Gasteiger partial charge < -0.3 is 4.98 Å². The molecule has 0 atom stereocenters. The molecule has 4 aromatic rings. The number of rotatable bonds is 0. The fraction of sp³-hybridized carbons (Fsp3) is 0. The molecule has 0 aliphatic carbocycles. The van der Waals surface area contributed by atoms with Crippen LogP contribution in [0.25, 0.3) is 32.4 Å². The van der Waals surface area contributed by atoms with Gasteiger partial charge in [-0.15, -0.1) is 0 Å².